The Bertz CT molecular complexity index is 483. The molecular weight excluding hydrogens is 481 g/mol. The normalized spacial score (nSPS) is 16.6. The summed E-state index contributed by atoms with van der Waals surface area (Å²) in [6, 6.07) is 0. The maximum absolute atomic E-state index is 4.63. The lowest BCUT2D eigenvalue weighted by atomic mass is 10.2. The van der Waals surface area contributed by atoms with Crippen molar-refractivity contribution in [3.63, 3.8) is 0 Å². The quantitative estimate of drug-likeness (QED) is 0.250. The van der Waals surface area contributed by atoms with E-state index in [2.05, 4.69) is 140 Å². The number of halogens is 1. The van der Waals surface area contributed by atoms with Crippen LogP contribution in [0.5, 0.6) is 0 Å². The molecule has 0 saturated carbocycles. The lowest BCUT2D eigenvalue weighted by molar-refractivity contribution is 0.553. The summed E-state index contributed by atoms with van der Waals surface area (Å²) in [5.41, 5.74) is 0. The third-order valence-corrected chi connectivity index (χ3v) is 62.2. The molecule has 0 aromatic carbocycles. The number of hydrogen-bond acceptors (Lipinski definition) is 0. The maximum Gasteiger partial charge on any atom is 0.109 e. The zero-order chi connectivity index (χ0) is 24.3. The van der Waals surface area contributed by atoms with Gasteiger partial charge >= 0.3 is 0 Å². The van der Waals surface area contributed by atoms with E-state index in [4.69, 9.17) is 0 Å². The molecule has 0 spiro atoms. The van der Waals surface area contributed by atoms with E-state index in [-0.39, 0.29) is 0 Å². The van der Waals surface area contributed by atoms with Crippen LogP contribution in [-0.4, -0.2) is 30.2 Å². The van der Waals surface area contributed by atoms with Gasteiger partial charge in [0.2, 0.25) is 0 Å². The highest BCUT2D eigenvalue weighted by molar-refractivity contribution is 9.28. The molecule has 0 aliphatic carbocycles. The zero-order valence-electron chi connectivity index (χ0n) is 23.4. The van der Waals surface area contributed by atoms with E-state index in [0.717, 1.165) is 8.55 Å². The Morgan fingerprint density at radius 3 is 0.793 bits per heavy atom. The molecule has 0 amide bonds. The van der Waals surface area contributed by atoms with Crippen molar-refractivity contribution < 1.29 is 0 Å². The van der Waals surface area contributed by atoms with Crippen molar-refractivity contribution in [3.8, 4) is 0 Å². The third kappa shape index (κ3) is 4.99. The van der Waals surface area contributed by atoms with Crippen LogP contribution in [0.1, 0.15) is 125 Å². The van der Waals surface area contributed by atoms with Crippen LogP contribution in [0.4, 0.5) is 0 Å². The molecule has 0 aromatic rings. The van der Waals surface area contributed by atoms with E-state index in [1.54, 1.807) is 0 Å². The Morgan fingerprint density at radius 2 is 0.655 bits per heavy atom. The molecule has 0 aromatic heterocycles. The average molecular weight is 535 g/mol. The SMILES string of the molecule is CC(C)(C)[Si]([Si][Si](Br)[Si](C(C)(C)C)(C(C)(C)C)C(C)(C)C)(C(C)(C)C)C(C)(C)C. The fraction of sp³-hybridized carbons (Fsp3) is 1.00. The van der Waals surface area contributed by atoms with Gasteiger partial charge in [-0.15, -0.1) is 15.3 Å². The molecule has 5 heteroatoms. The van der Waals surface area contributed by atoms with Crippen LogP contribution < -0.4 is 0 Å². The van der Waals surface area contributed by atoms with Crippen molar-refractivity contribution in [1.29, 1.82) is 0 Å². The first-order valence-electron chi connectivity index (χ1n) is 11.4. The first-order valence-corrected chi connectivity index (χ1v) is 23.2. The number of hydrogen-bond donors (Lipinski definition) is 0. The highest BCUT2D eigenvalue weighted by Crippen LogP contribution is 2.66. The van der Waals surface area contributed by atoms with Crippen LogP contribution in [-0.2, 0) is 0 Å². The van der Waals surface area contributed by atoms with Crippen LogP contribution in [0.3, 0.4) is 0 Å². The van der Waals surface area contributed by atoms with Crippen LogP contribution in [0.2, 0.25) is 30.2 Å². The lowest BCUT2D eigenvalue weighted by Crippen LogP contribution is -2.75. The minimum Gasteiger partial charge on any atom is -0.137 e. The molecule has 0 nitrogen and oxygen atoms in total. The zero-order valence-corrected chi connectivity index (χ0v) is 29.0. The highest BCUT2D eigenvalue weighted by Gasteiger charge is 2.68. The third-order valence-electron chi connectivity index (χ3n) is 7.38. The van der Waals surface area contributed by atoms with Gasteiger partial charge in [-0.3, -0.25) is 0 Å². The molecule has 0 rings (SSSR count). The van der Waals surface area contributed by atoms with Crippen molar-refractivity contribution in [2.45, 2.75) is 155 Å². The molecule has 0 heterocycles. The van der Waals surface area contributed by atoms with Gasteiger partial charge in [-0.2, -0.15) is 0 Å². The number of rotatable bonds is 3. The van der Waals surface area contributed by atoms with Crippen LogP contribution in [0.25, 0.3) is 0 Å². The highest BCUT2D eigenvalue weighted by atomic mass is 79.9. The van der Waals surface area contributed by atoms with Crippen molar-refractivity contribution in [1.82, 2.24) is 0 Å². The van der Waals surface area contributed by atoms with Gasteiger partial charge in [0.25, 0.3) is 0 Å². The first kappa shape index (κ1) is 30.3. The van der Waals surface area contributed by atoms with E-state index >= 15 is 0 Å². The Kier molecular flexibility index (Phi) is 8.67. The predicted molar refractivity (Wildman–Crippen MR) is 150 cm³/mol. The summed E-state index contributed by atoms with van der Waals surface area (Å²) in [4.78, 5) is 0. The molecule has 0 fully saturated rings. The van der Waals surface area contributed by atoms with Crippen molar-refractivity contribution in [2.75, 3.05) is 0 Å². The average Bonchev–Trinajstić information content (AvgIpc) is 2.25. The van der Waals surface area contributed by atoms with Gasteiger partial charge in [0.05, 0.1) is 15.2 Å². The van der Waals surface area contributed by atoms with Gasteiger partial charge in [0, 0.05) is 8.55 Å². The van der Waals surface area contributed by atoms with E-state index in [9.17, 15) is 0 Å². The van der Waals surface area contributed by atoms with Crippen molar-refractivity contribution in [3.05, 3.63) is 0 Å². The molecule has 29 heavy (non-hydrogen) atoms. The Morgan fingerprint density at radius 1 is 0.448 bits per heavy atom. The summed E-state index contributed by atoms with van der Waals surface area (Å²) < 4.78 is 0. The van der Waals surface area contributed by atoms with Gasteiger partial charge < -0.3 is 0 Å². The van der Waals surface area contributed by atoms with Crippen LogP contribution in [0, 0.1) is 0 Å². The smallest absolute Gasteiger partial charge is 0.109 e. The van der Waals surface area contributed by atoms with E-state index < -0.39 is 21.6 Å². The van der Waals surface area contributed by atoms with Gasteiger partial charge in [-0.25, -0.2) is 0 Å². The lowest BCUT2D eigenvalue weighted by Gasteiger charge is -2.65. The minimum absolute atomic E-state index is 0.363. The summed E-state index contributed by atoms with van der Waals surface area (Å²) in [5.74, 6) is 0. The van der Waals surface area contributed by atoms with E-state index in [1.807, 2.05) is 0 Å². The second-order valence-corrected chi connectivity index (χ2v) is 47.1. The topological polar surface area (TPSA) is 0 Å². The van der Waals surface area contributed by atoms with Gasteiger partial charge in [-0.05, 0) is 30.2 Å². The van der Waals surface area contributed by atoms with Crippen LogP contribution >= 0.6 is 15.3 Å². The Labute approximate surface area is 199 Å². The Hall–Kier alpha value is 1.35. The van der Waals surface area contributed by atoms with Gasteiger partial charge in [0.15, 0.2) is 0 Å². The molecule has 0 aliphatic heterocycles. The molecule has 0 atom stereocenters. The first-order chi connectivity index (χ1) is 12.1. The molecule has 3 radical (unpaired) electrons. The van der Waals surface area contributed by atoms with E-state index in [0.29, 0.717) is 30.2 Å². The minimum atomic E-state index is -1.78. The second kappa shape index (κ2) is 8.29. The molecule has 173 valence electrons. The largest absolute Gasteiger partial charge is 0.137 e. The summed E-state index contributed by atoms with van der Waals surface area (Å²) in [7, 11) is -2.42. The molecule has 0 unspecified atom stereocenters. The molecular formula is C24H54BrSi4. The predicted octanol–water partition coefficient (Wildman–Crippen LogP) is 9.85. The molecule has 0 bridgehead atoms. The summed E-state index contributed by atoms with van der Waals surface area (Å²) in [6.07, 6.45) is 0. The summed E-state index contributed by atoms with van der Waals surface area (Å²) >= 11 is 4.63. The Balaban J connectivity index is 7.22. The second-order valence-electron chi connectivity index (χ2n) is 15.4. The van der Waals surface area contributed by atoms with Crippen molar-refractivity contribution >= 4 is 45.5 Å². The molecule has 0 aliphatic rings. The van der Waals surface area contributed by atoms with Crippen molar-refractivity contribution in [2.24, 2.45) is 0 Å². The van der Waals surface area contributed by atoms with E-state index in [1.165, 1.54) is 0 Å². The van der Waals surface area contributed by atoms with Gasteiger partial charge in [0.1, 0.15) is 6.45 Å². The monoisotopic (exact) mass is 533 g/mol. The fourth-order valence-corrected chi connectivity index (χ4v) is 95.6. The molecule has 0 N–H and O–H groups in total. The van der Waals surface area contributed by atoms with Crippen LogP contribution in [0.15, 0.2) is 0 Å². The summed E-state index contributed by atoms with van der Waals surface area (Å²) in [5, 5.41) is 2.21. The maximum atomic E-state index is 4.63. The standard InChI is InChI=1S/C24H54BrSi4/c1-19(2,3)28(20(4,5)6,21(7,8)9)26-27(25)29(22(10,11)12,23(13,14)15)24(16,17)18/h1-18H3. The summed E-state index contributed by atoms with van der Waals surface area (Å²) in [6.45, 7) is 45.5. The van der Waals surface area contributed by atoms with Gasteiger partial charge in [-0.1, -0.05) is 125 Å². The molecule has 0 saturated heterocycles. The fourth-order valence-electron chi connectivity index (χ4n) is 8.56.